The fourth-order valence-corrected chi connectivity index (χ4v) is 4.73. The average molecular weight is 344 g/mol. The fourth-order valence-electron chi connectivity index (χ4n) is 3.01. The van der Waals surface area contributed by atoms with Crippen molar-refractivity contribution in [1.29, 1.82) is 0 Å². The van der Waals surface area contributed by atoms with Crippen LogP contribution in [0.5, 0.6) is 0 Å². The number of nitrogens with zero attached hydrogens (tertiary/aromatic N) is 2. The minimum Gasteiger partial charge on any atom is -0.339 e. The molecule has 3 rings (SSSR count). The van der Waals surface area contributed by atoms with Gasteiger partial charge in [0, 0.05) is 31.0 Å². The van der Waals surface area contributed by atoms with E-state index in [0.29, 0.717) is 36.4 Å². The molecular weight excluding hydrogens is 324 g/mol. The molecule has 1 aromatic carbocycles. The molecule has 0 bridgehead atoms. The molecule has 5 nitrogen and oxygen atoms in total. The number of amides is 1. The SMILES string of the molecule is O=C(c1ccncc1)N1CCC(CS(=O)(=O)c2ccccc2)CC1. The number of rotatable bonds is 4. The first-order valence-electron chi connectivity index (χ1n) is 8.03. The van der Waals surface area contributed by atoms with Gasteiger partial charge in [-0.1, -0.05) is 18.2 Å². The second-order valence-electron chi connectivity index (χ2n) is 6.07. The summed E-state index contributed by atoms with van der Waals surface area (Å²) < 4.78 is 24.9. The first-order chi connectivity index (χ1) is 11.6. The molecule has 1 aliphatic heterocycles. The van der Waals surface area contributed by atoms with Crippen molar-refractivity contribution < 1.29 is 13.2 Å². The molecule has 1 aliphatic rings. The predicted octanol–water partition coefficient (Wildman–Crippen LogP) is 2.41. The van der Waals surface area contributed by atoms with Gasteiger partial charge in [0.15, 0.2) is 9.84 Å². The van der Waals surface area contributed by atoms with Crippen LogP contribution in [0.4, 0.5) is 0 Å². The lowest BCUT2D eigenvalue weighted by atomic mass is 9.98. The number of hydrogen-bond donors (Lipinski definition) is 0. The highest BCUT2D eigenvalue weighted by Crippen LogP contribution is 2.23. The second-order valence-corrected chi connectivity index (χ2v) is 8.10. The molecule has 0 unspecified atom stereocenters. The maximum atomic E-state index is 12.4. The number of aromatic nitrogens is 1. The van der Waals surface area contributed by atoms with Crippen molar-refractivity contribution in [1.82, 2.24) is 9.88 Å². The zero-order chi connectivity index (χ0) is 17.0. The Kier molecular flexibility index (Phi) is 4.94. The van der Waals surface area contributed by atoms with Crippen LogP contribution >= 0.6 is 0 Å². The van der Waals surface area contributed by atoms with Crippen LogP contribution in [0.15, 0.2) is 59.8 Å². The van der Waals surface area contributed by atoms with E-state index >= 15 is 0 Å². The molecule has 0 atom stereocenters. The van der Waals surface area contributed by atoms with Gasteiger partial charge >= 0.3 is 0 Å². The van der Waals surface area contributed by atoms with Crippen molar-refractivity contribution in [2.24, 2.45) is 5.92 Å². The van der Waals surface area contributed by atoms with Crippen LogP contribution in [0.3, 0.4) is 0 Å². The Morgan fingerprint density at radius 3 is 2.29 bits per heavy atom. The lowest BCUT2D eigenvalue weighted by Gasteiger charge is -2.32. The standard InChI is InChI=1S/C18H20N2O3S/c21-18(16-6-10-19-11-7-16)20-12-8-15(9-13-20)14-24(22,23)17-4-2-1-3-5-17/h1-7,10-11,15H,8-9,12-14H2. The van der Waals surface area contributed by atoms with Crippen LogP contribution in [-0.2, 0) is 9.84 Å². The van der Waals surface area contributed by atoms with Crippen molar-refractivity contribution in [3.05, 3.63) is 60.4 Å². The maximum Gasteiger partial charge on any atom is 0.253 e. The van der Waals surface area contributed by atoms with Gasteiger partial charge < -0.3 is 4.90 Å². The summed E-state index contributed by atoms with van der Waals surface area (Å²) >= 11 is 0. The van der Waals surface area contributed by atoms with Gasteiger partial charge in [0.2, 0.25) is 0 Å². The summed E-state index contributed by atoms with van der Waals surface area (Å²) in [6, 6.07) is 12.0. The number of benzene rings is 1. The molecule has 0 N–H and O–H groups in total. The third-order valence-corrected chi connectivity index (χ3v) is 6.29. The Morgan fingerprint density at radius 1 is 1.04 bits per heavy atom. The van der Waals surface area contributed by atoms with E-state index in [-0.39, 0.29) is 17.6 Å². The van der Waals surface area contributed by atoms with E-state index in [9.17, 15) is 13.2 Å². The summed E-state index contributed by atoms with van der Waals surface area (Å²) in [6.45, 7) is 1.19. The zero-order valence-electron chi connectivity index (χ0n) is 13.3. The molecule has 2 aromatic rings. The summed E-state index contributed by atoms with van der Waals surface area (Å²) in [7, 11) is -3.26. The molecule has 0 radical (unpaired) electrons. The summed E-state index contributed by atoms with van der Waals surface area (Å²) in [4.78, 5) is 18.5. The van der Waals surface area contributed by atoms with Gasteiger partial charge in [0.05, 0.1) is 10.6 Å². The van der Waals surface area contributed by atoms with Crippen molar-refractivity contribution in [3.8, 4) is 0 Å². The van der Waals surface area contributed by atoms with Crippen molar-refractivity contribution in [2.75, 3.05) is 18.8 Å². The molecule has 1 fully saturated rings. The molecule has 1 saturated heterocycles. The van der Waals surface area contributed by atoms with E-state index in [1.54, 1.807) is 53.7 Å². The van der Waals surface area contributed by atoms with Crippen LogP contribution < -0.4 is 0 Å². The molecule has 6 heteroatoms. The molecule has 1 amide bonds. The van der Waals surface area contributed by atoms with Gasteiger partial charge in [0.25, 0.3) is 5.91 Å². The van der Waals surface area contributed by atoms with Crippen molar-refractivity contribution in [2.45, 2.75) is 17.7 Å². The molecule has 2 heterocycles. The van der Waals surface area contributed by atoms with Crippen LogP contribution in [0.2, 0.25) is 0 Å². The quantitative estimate of drug-likeness (QED) is 0.854. The number of pyridine rings is 1. The van der Waals surface area contributed by atoms with E-state index in [2.05, 4.69) is 4.98 Å². The number of sulfone groups is 1. The van der Waals surface area contributed by atoms with Crippen molar-refractivity contribution in [3.63, 3.8) is 0 Å². The number of likely N-dealkylation sites (tertiary alicyclic amines) is 1. The van der Waals surface area contributed by atoms with Crippen LogP contribution in [-0.4, -0.2) is 43.1 Å². The Balaban J connectivity index is 1.59. The van der Waals surface area contributed by atoms with E-state index in [0.717, 1.165) is 0 Å². The average Bonchev–Trinajstić information content (AvgIpc) is 2.63. The molecule has 24 heavy (non-hydrogen) atoms. The second kappa shape index (κ2) is 7.13. The molecule has 0 spiro atoms. The predicted molar refractivity (Wildman–Crippen MR) is 91.4 cm³/mol. The highest BCUT2D eigenvalue weighted by atomic mass is 32.2. The Labute approximate surface area is 142 Å². The van der Waals surface area contributed by atoms with Gasteiger partial charge in [-0.3, -0.25) is 9.78 Å². The number of carbonyl (C=O) groups is 1. The summed E-state index contributed by atoms with van der Waals surface area (Å²) in [5.74, 6) is 0.229. The first-order valence-corrected chi connectivity index (χ1v) is 9.68. The third-order valence-electron chi connectivity index (χ3n) is 4.39. The van der Waals surface area contributed by atoms with E-state index < -0.39 is 9.84 Å². The van der Waals surface area contributed by atoms with E-state index in [4.69, 9.17) is 0 Å². The van der Waals surface area contributed by atoms with Gasteiger partial charge in [-0.2, -0.15) is 0 Å². The smallest absolute Gasteiger partial charge is 0.253 e. The van der Waals surface area contributed by atoms with Gasteiger partial charge in [0.1, 0.15) is 0 Å². The Hall–Kier alpha value is -2.21. The summed E-state index contributed by atoms with van der Waals surface area (Å²) in [5, 5.41) is 0. The third kappa shape index (κ3) is 3.82. The Morgan fingerprint density at radius 2 is 1.67 bits per heavy atom. The minimum absolute atomic E-state index is 0.0123. The minimum atomic E-state index is -3.26. The monoisotopic (exact) mass is 344 g/mol. The molecule has 0 aliphatic carbocycles. The van der Waals surface area contributed by atoms with Gasteiger partial charge in [-0.25, -0.2) is 8.42 Å². The number of piperidine rings is 1. The fraction of sp³-hybridized carbons (Fsp3) is 0.333. The van der Waals surface area contributed by atoms with E-state index in [1.807, 2.05) is 6.07 Å². The van der Waals surface area contributed by atoms with Gasteiger partial charge in [-0.15, -0.1) is 0 Å². The van der Waals surface area contributed by atoms with Crippen LogP contribution in [0.25, 0.3) is 0 Å². The highest BCUT2D eigenvalue weighted by Gasteiger charge is 2.27. The zero-order valence-corrected chi connectivity index (χ0v) is 14.2. The van der Waals surface area contributed by atoms with E-state index in [1.165, 1.54) is 0 Å². The topological polar surface area (TPSA) is 67.3 Å². The van der Waals surface area contributed by atoms with Crippen molar-refractivity contribution >= 4 is 15.7 Å². The first kappa shape index (κ1) is 16.6. The Bertz CT molecular complexity index is 784. The van der Waals surface area contributed by atoms with Crippen LogP contribution in [0.1, 0.15) is 23.2 Å². The maximum absolute atomic E-state index is 12.4. The number of carbonyl (C=O) groups excluding carboxylic acids is 1. The van der Waals surface area contributed by atoms with Crippen LogP contribution in [0, 0.1) is 5.92 Å². The molecule has 126 valence electrons. The lowest BCUT2D eigenvalue weighted by Crippen LogP contribution is -2.39. The summed E-state index contributed by atoms with van der Waals surface area (Å²) in [5.41, 5.74) is 0.625. The molecule has 1 aromatic heterocycles. The van der Waals surface area contributed by atoms with Gasteiger partial charge in [-0.05, 0) is 43.0 Å². The highest BCUT2D eigenvalue weighted by molar-refractivity contribution is 7.91. The lowest BCUT2D eigenvalue weighted by molar-refractivity contribution is 0.0698. The normalized spacial score (nSPS) is 16.1. The molecule has 0 saturated carbocycles. The molecular formula is C18H20N2O3S. The number of hydrogen-bond acceptors (Lipinski definition) is 4. The summed E-state index contributed by atoms with van der Waals surface area (Å²) in [6.07, 6.45) is 4.63. The largest absolute Gasteiger partial charge is 0.339 e.